The lowest BCUT2D eigenvalue weighted by Crippen LogP contribution is -3.00. The molecule has 0 aromatic heterocycles. The van der Waals surface area contributed by atoms with E-state index in [-0.39, 0.29) is 12.4 Å². The van der Waals surface area contributed by atoms with E-state index in [9.17, 15) is 0 Å². The zero-order valence-corrected chi connectivity index (χ0v) is 17.5. The third-order valence-electron chi connectivity index (χ3n) is 4.89. The van der Waals surface area contributed by atoms with E-state index in [1.54, 1.807) is 0 Å². The first kappa shape index (κ1) is 25.0. The molecule has 0 unspecified atom stereocenters. The van der Waals surface area contributed by atoms with Gasteiger partial charge in [0.15, 0.2) is 0 Å². The Labute approximate surface area is 152 Å². The molecule has 0 aromatic carbocycles. The summed E-state index contributed by atoms with van der Waals surface area (Å²) in [5, 5.41) is 0. The van der Waals surface area contributed by atoms with Crippen LogP contribution in [-0.2, 0) is 0 Å². The Hall–Kier alpha value is -0.280. The first-order chi connectivity index (χ1) is 10.7. The van der Waals surface area contributed by atoms with Crippen molar-refractivity contribution in [3.05, 3.63) is 0 Å². The van der Waals surface area contributed by atoms with Gasteiger partial charge in [0.1, 0.15) is 0 Å². The summed E-state index contributed by atoms with van der Waals surface area (Å²) in [6, 6.07) is 0. The summed E-state index contributed by atoms with van der Waals surface area (Å²) in [6.45, 7) is 20.4. The number of aliphatic imine (C=N–C) groups is 1. The Morgan fingerprint density at radius 3 is 1.48 bits per heavy atom. The monoisotopic (exact) mass is 347 g/mol. The summed E-state index contributed by atoms with van der Waals surface area (Å²) >= 11 is 0. The Kier molecular flexibility index (Phi) is 16.6. The van der Waals surface area contributed by atoms with Crippen LogP contribution in [0, 0.1) is 0 Å². The molecule has 0 rings (SSSR count). The van der Waals surface area contributed by atoms with Crippen LogP contribution >= 0.6 is 0 Å². The van der Waals surface area contributed by atoms with Gasteiger partial charge in [-0.3, -0.25) is 4.48 Å². The first-order valence-electron chi connectivity index (χ1n) is 9.81. The highest BCUT2D eigenvalue weighted by Gasteiger charge is 2.33. The molecule has 0 bridgehead atoms. The van der Waals surface area contributed by atoms with Crippen LogP contribution in [0.5, 0.6) is 0 Å². The molecule has 0 aromatic rings. The third kappa shape index (κ3) is 8.39. The number of hydrogen-bond acceptors (Lipinski definition) is 1. The second-order valence-electron chi connectivity index (χ2n) is 6.27. The van der Waals surface area contributed by atoms with E-state index in [0.717, 1.165) is 30.7 Å². The fourth-order valence-corrected chi connectivity index (χ4v) is 3.20. The minimum Gasteiger partial charge on any atom is -1.00 e. The molecule has 0 spiro atoms. The van der Waals surface area contributed by atoms with Crippen molar-refractivity contribution < 1.29 is 16.9 Å². The van der Waals surface area contributed by atoms with Crippen LogP contribution in [0.15, 0.2) is 4.99 Å². The molecule has 0 aliphatic rings. The Balaban J connectivity index is 0. The zero-order valence-electron chi connectivity index (χ0n) is 16.7. The first-order valence-corrected chi connectivity index (χ1v) is 9.81. The van der Waals surface area contributed by atoms with E-state index in [0.29, 0.717) is 0 Å². The van der Waals surface area contributed by atoms with Crippen LogP contribution in [0.4, 0.5) is 0 Å². The van der Waals surface area contributed by atoms with Gasteiger partial charge < -0.3 is 17.3 Å². The van der Waals surface area contributed by atoms with Gasteiger partial charge in [0, 0.05) is 19.6 Å². The average molecular weight is 348 g/mol. The lowest BCUT2D eigenvalue weighted by Gasteiger charge is -2.40. The maximum atomic E-state index is 4.98. The van der Waals surface area contributed by atoms with Gasteiger partial charge in [-0.15, -0.1) is 0 Å². The zero-order chi connectivity index (χ0) is 16.8. The Bertz CT molecular complexity index is 270. The number of hydrogen-bond donors (Lipinski definition) is 0. The number of quaternary nitrogens is 1. The van der Waals surface area contributed by atoms with Crippen LogP contribution in [0.3, 0.4) is 0 Å². The van der Waals surface area contributed by atoms with E-state index >= 15 is 0 Å². The molecule has 0 fully saturated rings. The smallest absolute Gasteiger partial charge is 0.300 e. The normalized spacial score (nSPS) is 12.2. The molecule has 0 saturated carbocycles. The predicted octanol–water partition coefficient (Wildman–Crippen LogP) is 1.93. The highest BCUT2D eigenvalue weighted by Crippen LogP contribution is 2.15. The molecule has 0 N–H and O–H groups in total. The Morgan fingerprint density at radius 1 is 0.739 bits per heavy atom. The van der Waals surface area contributed by atoms with E-state index in [1.165, 1.54) is 57.6 Å². The van der Waals surface area contributed by atoms with Crippen molar-refractivity contribution in [2.75, 3.05) is 39.3 Å². The van der Waals surface area contributed by atoms with Gasteiger partial charge in [-0.1, -0.05) is 39.5 Å². The topological polar surface area (TPSA) is 15.6 Å². The number of guanidine groups is 1. The molecule has 23 heavy (non-hydrogen) atoms. The maximum Gasteiger partial charge on any atom is 0.300 e. The maximum absolute atomic E-state index is 4.98. The molecular weight excluding hydrogens is 306 g/mol. The van der Waals surface area contributed by atoms with Gasteiger partial charge in [-0.2, -0.15) is 0 Å². The highest BCUT2D eigenvalue weighted by atomic mass is 35.5. The molecule has 0 radical (unpaired) electrons. The van der Waals surface area contributed by atoms with Gasteiger partial charge in [0.05, 0.1) is 19.6 Å². The lowest BCUT2D eigenvalue weighted by atomic mass is 10.2. The van der Waals surface area contributed by atoms with E-state index < -0.39 is 0 Å². The molecule has 0 aliphatic heterocycles. The lowest BCUT2D eigenvalue weighted by molar-refractivity contribution is -0.841. The van der Waals surface area contributed by atoms with Crippen LogP contribution in [0.1, 0.15) is 80.1 Å². The second-order valence-corrected chi connectivity index (χ2v) is 6.27. The van der Waals surface area contributed by atoms with E-state index in [4.69, 9.17) is 4.99 Å². The molecular formula is C19H42ClN3. The van der Waals surface area contributed by atoms with Gasteiger partial charge in [-0.05, 0) is 40.5 Å². The number of unbranched alkanes of at least 4 members (excludes halogenated alkanes) is 4. The van der Waals surface area contributed by atoms with Crippen LogP contribution in [-0.4, -0.2) is 54.6 Å². The molecule has 0 saturated heterocycles. The summed E-state index contributed by atoms with van der Waals surface area (Å²) in [5.41, 5.74) is 0. The van der Waals surface area contributed by atoms with Gasteiger partial charge >= 0.3 is 0 Å². The van der Waals surface area contributed by atoms with Gasteiger partial charge in [0.25, 0.3) is 5.96 Å². The van der Waals surface area contributed by atoms with Crippen molar-refractivity contribution in [3.63, 3.8) is 0 Å². The largest absolute Gasteiger partial charge is 1.00 e. The number of rotatable bonds is 12. The van der Waals surface area contributed by atoms with E-state index in [1.807, 2.05) is 0 Å². The second kappa shape index (κ2) is 15.3. The van der Waals surface area contributed by atoms with Crippen molar-refractivity contribution in [2.45, 2.75) is 80.1 Å². The standard InChI is InChI=1S/C19H42N3.ClH/c1-7-13-15-17-21(18-16-14-8-2)19(20-9-3)22(10-4,11-5)12-6;/h7-18H2,1-6H3;1H/q+1;/p-1. The fraction of sp³-hybridized carbons (Fsp3) is 0.947. The van der Waals surface area contributed by atoms with Crippen LogP contribution in [0.2, 0.25) is 0 Å². The molecule has 4 heteroatoms. The van der Waals surface area contributed by atoms with Gasteiger partial charge in [0.2, 0.25) is 0 Å². The predicted molar refractivity (Wildman–Crippen MR) is 100 cm³/mol. The summed E-state index contributed by atoms with van der Waals surface area (Å²) in [7, 11) is 0. The highest BCUT2D eigenvalue weighted by molar-refractivity contribution is 5.73. The van der Waals surface area contributed by atoms with Crippen LogP contribution in [0.25, 0.3) is 0 Å². The minimum atomic E-state index is 0. The fourth-order valence-electron chi connectivity index (χ4n) is 3.20. The van der Waals surface area contributed by atoms with Crippen molar-refractivity contribution in [1.82, 2.24) is 4.90 Å². The minimum absolute atomic E-state index is 0. The quantitative estimate of drug-likeness (QED) is 0.228. The SMILES string of the molecule is CCCCCN(CCCCC)C(=NCC)[N+](CC)(CC)CC.[Cl-]. The molecule has 0 aliphatic carbocycles. The summed E-state index contributed by atoms with van der Waals surface area (Å²) < 4.78 is 1.03. The summed E-state index contributed by atoms with van der Waals surface area (Å²) in [5.74, 6) is 1.35. The summed E-state index contributed by atoms with van der Waals surface area (Å²) in [6.07, 6.45) is 7.82. The molecule has 0 heterocycles. The van der Waals surface area contributed by atoms with Gasteiger partial charge in [-0.25, -0.2) is 4.99 Å². The van der Waals surface area contributed by atoms with Crippen molar-refractivity contribution in [3.8, 4) is 0 Å². The van der Waals surface area contributed by atoms with Crippen molar-refractivity contribution in [2.24, 2.45) is 4.99 Å². The Morgan fingerprint density at radius 2 is 1.17 bits per heavy atom. The average Bonchev–Trinajstić information content (AvgIpc) is 2.55. The van der Waals surface area contributed by atoms with Crippen LogP contribution < -0.4 is 12.4 Å². The number of nitrogens with zero attached hydrogens (tertiary/aromatic N) is 3. The number of halogens is 1. The molecule has 140 valence electrons. The molecule has 0 amide bonds. The third-order valence-corrected chi connectivity index (χ3v) is 4.89. The van der Waals surface area contributed by atoms with E-state index in [2.05, 4.69) is 46.4 Å². The molecule has 3 nitrogen and oxygen atoms in total. The van der Waals surface area contributed by atoms with Crippen molar-refractivity contribution in [1.29, 1.82) is 0 Å². The van der Waals surface area contributed by atoms with Crippen molar-refractivity contribution >= 4 is 5.96 Å². The summed E-state index contributed by atoms with van der Waals surface area (Å²) in [4.78, 5) is 7.60. The molecule has 0 atom stereocenters.